The van der Waals surface area contributed by atoms with Gasteiger partial charge in [-0.2, -0.15) is 5.10 Å². The number of hydrogen-bond donors (Lipinski definition) is 0. The summed E-state index contributed by atoms with van der Waals surface area (Å²) in [6.07, 6.45) is 0.0461. The predicted molar refractivity (Wildman–Crippen MR) is 123 cm³/mol. The minimum absolute atomic E-state index is 0.0409. The van der Waals surface area contributed by atoms with Gasteiger partial charge >= 0.3 is 6.16 Å². The smallest absolute Gasteiger partial charge is 0.452 e. The average Bonchev–Trinajstić information content (AvgIpc) is 2.95. The molecular formula is C24H33N3O4. The summed E-state index contributed by atoms with van der Waals surface area (Å²) in [6, 6.07) is 8.30. The van der Waals surface area contributed by atoms with E-state index in [0.29, 0.717) is 5.76 Å². The minimum Gasteiger partial charge on any atom is -0.452 e. The van der Waals surface area contributed by atoms with Crippen molar-refractivity contribution in [3.05, 3.63) is 52.3 Å². The molecule has 0 saturated carbocycles. The van der Waals surface area contributed by atoms with Gasteiger partial charge in [0.2, 0.25) is 6.29 Å². The Morgan fingerprint density at radius 2 is 1.77 bits per heavy atom. The molecule has 2 aromatic rings. The molecule has 2 rings (SSSR count). The maximum atomic E-state index is 11.6. The highest BCUT2D eigenvalue weighted by Gasteiger charge is 2.24. The second kappa shape index (κ2) is 9.81. The van der Waals surface area contributed by atoms with E-state index in [0.717, 1.165) is 28.1 Å². The third kappa shape index (κ3) is 5.75. The molecule has 1 heterocycles. The van der Waals surface area contributed by atoms with Crippen LogP contribution in [0.1, 0.15) is 55.8 Å². The first kappa shape index (κ1) is 24.2. The maximum absolute atomic E-state index is 11.6. The van der Waals surface area contributed by atoms with E-state index in [1.54, 1.807) is 24.9 Å². The number of benzene rings is 1. The number of hydrogen-bond acceptors (Lipinski definition) is 6. The molecule has 168 valence electrons. The molecule has 1 atom stereocenters. The van der Waals surface area contributed by atoms with Crippen LogP contribution in [0.25, 0.3) is 11.3 Å². The van der Waals surface area contributed by atoms with Gasteiger partial charge in [-0.25, -0.2) is 4.79 Å². The number of ether oxygens (including phenoxy) is 3. The van der Waals surface area contributed by atoms with Crippen molar-refractivity contribution < 1.29 is 19.0 Å². The van der Waals surface area contributed by atoms with Crippen molar-refractivity contribution in [2.24, 2.45) is 12.0 Å². The molecule has 0 radical (unpaired) electrons. The zero-order valence-corrected chi connectivity index (χ0v) is 19.9. The van der Waals surface area contributed by atoms with E-state index in [1.165, 1.54) is 12.7 Å². The summed E-state index contributed by atoms with van der Waals surface area (Å²) in [5, 5.41) is 4.52. The fourth-order valence-electron chi connectivity index (χ4n) is 3.24. The predicted octanol–water partition coefficient (Wildman–Crippen LogP) is 5.05. The molecule has 31 heavy (non-hydrogen) atoms. The molecule has 0 saturated heterocycles. The lowest BCUT2D eigenvalue weighted by molar-refractivity contribution is -0.0619. The number of nitrogens with zero attached hydrogens (tertiary/aromatic N) is 3. The molecule has 0 spiro atoms. The summed E-state index contributed by atoms with van der Waals surface area (Å²) in [6.45, 7) is 12.1. The normalized spacial score (nSPS) is 13.7. The van der Waals surface area contributed by atoms with E-state index in [1.807, 2.05) is 33.0 Å². The fourth-order valence-corrected chi connectivity index (χ4v) is 3.24. The van der Waals surface area contributed by atoms with Crippen LogP contribution in [0.5, 0.6) is 0 Å². The van der Waals surface area contributed by atoms with Crippen molar-refractivity contribution in [2.45, 2.75) is 53.2 Å². The molecule has 1 unspecified atom stereocenters. The molecular weight excluding hydrogens is 394 g/mol. The van der Waals surface area contributed by atoms with Gasteiger partial charge in [0.15, 0.2) is 5.76 Å². The van der Waals surface area contributed by atoms with Crippen molar-refractivity contribution in [3.8, 4) is 0 Å². The standard InChI is InChI=1S/C24H33N3O4/c1-15-16(2)26-27(8)21(15)22(30-17(3)31-23(28)29-9)20(14-25-7)18-10-12-19(13-11-18)24(4,5)6/h10-14,17H,1-9H3/b22-20-,25-14?. The Labute approximate surface area is 184 Å². The molecule has 0 aliphatic carbocycles. The topological polar surface area (TPSA) is 74.9 Å². The zero-order chi connectivity index (χ0) is 23.3. The maximum Gasteiger partial charge on any atom is 0.511 e. The van der Waals surface area contributed by atoms with Crippen molar-refractivity contribution in [1.29, 1.82) is 0 Å². The number of aromatic nitrogens is 2. The van der Waals surface area contributed by atoms with E-state index in [2.05, 4.69) is 47.7 Å². The van der Waals surface area contributed by atoms with Crippen molar-refractivity contribution in [2.75, 3.05) is 14.2 Å². The van der Waals surface area contributed by atoms with Crippen molar-refractivity contribution in [3.63, 3.8) is 0 Å². The average molecular weight is 428 g/mol. The summed E-state index contributed by atoms with van der Waals surface area (Å²) in [5.41, 5.74) is 5.59. The molecule has 0 bridgehead atoms. The second-order valence-corrected chi connectivity index (χ2v) is 8.40. The monoisotopic (exact) mass is 427 g/mol. The third-order valence-electron chi connectivity index (χ3n) is 5.01. The Kier molecular flexibility index (Phi) is 7.65. The molecule has 0 aliphatic rings. The van der Waals surface area contributed by atoms with Gasteiger partial charge < -0.3 is 14.2 Å². The lowest BCUT2D eigenvalue weighted by Gasteiger charge is -2.22. The van der Waals surface area contributed by atoms with Gasteiger partial charge in [0.1, 0.15) is 5.69 Å². The van der Waals surface area contributed by atoms with Gasteiger partial charge in [-0.05, 0) is 30.4 Å². The number of aryl methyl sites for hydroxylation is 2. The molecule has 0 fully saturated rings. The summed E-state index contributed by atoms with van der Waals surface area (Å²) in [5.74, 6) is 0.520. The quantitative estimate of drug-likeness (QED) is 0.279. The highest BCUT2D eigenvalue weighted by atomic mass is 16.8. The largest absolute Gasteiger partial charge is 0.511 e. The van der Waals surface area contributed by atoms with Crippen LogP contribution in [0, 0.1) is 13.8 Å². The molecule has 0 aliphatic heterocycles. The molecule has 0 amide bonds. The third-order valence-corrected chi connectivity index (χ3v) is 5.01. The summed E-state index contributed by atoms with van der Waals surface area (Å²) >= 11 is 0. The van der Waals surface area contributed by atoms with Gasteiger partial charge in [0.25, 0.3) is 0 Å². The Hall–Kier alpha value is -3.09. The SMILES string of the molecule is CN=C/C(=C(/OC(C)OC(=O)OC)c1c(C)c(C)nn1C)c1ccc(C(C)(C)C)cc1. The van der Waals surface area contributed by atoms with Gasteiger partial charge in [-0.15, -0.1) is 0 Å². The Morgan fingerprint density at radius 3 is 2.23 bits per heavy atom. The van der Waals surface area contributed by atoms with Crippen LogP contribution >= 0.6 is 0 Å². The van der Waals surface area contributed by atoms with Gasteiger partial charge in [0.05, 0.1) is 12.8 Å². The first-order chi connectivity index (χ1) is 14.5. The van der Waals surface area contributed by atoms with Crippen LogP contribution in [0.15, 0.2) is 29.3 Å². The molecule has 1 aromatic carbocycles. The Bertz CT molecular complexity index is 979. The number of methoxy groups -OCH3 is 1. The molecule has 7 nitrogen and oxygen atoms in total. The molecule has 1 aromatic heterocycles. The highest BCUT2D eigenvalue weighted by Crippen LogP contribution is 2.32. The zero-order valence-electron chi connectivity index (χ0n) is 19.9. The number of carbonyl (C=O) groups is 1. The number of carbonyl (C=O) groups excluding carboxylic acids is 1. The van der Waals surface area contributed by atoms with Crippen LogP contribution in [0.3, 0.4) is 0 Å². The number of aliphatic imine (C=N–C) groups is 1. The van der Waals surface area contributed by atoms with Crippen LogP contribution in [0.2, 0.25) is 0 Å². The van der Waals surface area contributed by atoms with Crippen LogP contribution in [-0.4, -0.2) is 42.6 Å². The van der Waals surface area contributed by atoms with Gasteiger partial charge in [-0.1, -0.05) is 45.0 Å². The molecule has 0 N–H and O–H groups in total. The van der Waals surface area contributed by atoms with E-state index >= 15 is 0 Å². The second-order valence-electron chi connectivity index (χ2n) is 8.40. The van der Waals surface area contributed by atoms with Crippen molar-refractivity contribution in [1.82, 2.24) is 9.78 Å². The summed E-state index contributed by atoms with van der Waals surface area (Å²) in [4.78, 5) is 15.8. The highest BCUT2D eigenvalue weighted by molar-refractivity contribution is 6.18. The first-order valence-corrected chi connectivity index (χ1v) is 10.2. The Morgan fingerprint density at radius 1 is 1.16 bits per heavy atom. The summed E-state index contributed by atoms with van der Waals surface area (Å²) in [7, 11) is 4.82. The van der Waals surface area contributed by atoms with Gasteiger partial charge in [0, 0.05) is 38.4 Å². The van der Waals surface area contributed by atoms with E-state index < -0.39 is 12.4 Å². The van der Waals surface area contributed by atoms with Crippen LogP contribution in [0.4, 0.5) is 4.79 Å². The van der Waals surface area contributed by atoms with E-state index in [9.17, 15) is 4.79 Å². The van der Waals surface area contributed by atoms with Gasteiger partial charge in [-0.3, -0.25) is 9.67 Å². The van der Waals surface area contributed by atoms with Crippen LogP contribution in [-0.2, 0) is 26.7 Å². The summed E-state index contributed by atoms with van der Waals surface area (Å²) < 4.78 is 17.7. The number of rotatable bonds is 6. The Balaban J connectivity index is 2.69. The fraction of sp³-hybridized carbons (Fsp3) is 0.458. The first-order valence-electron chi connectivity index (χ1n) is 10.2. The minimum atomic E-state index is -0.883. The van der Waals surface area contributed by atoms with Crippen molar-refractivity contribution >= 4 is 23.7 Å². The van der Waals surface area contributed by atoms with Crippen LogP contribution < -0.4 is 0 Å². The number of allylic oxidation sites excluding steroid dienone is 1. The van der Waals surface area contributed by atoms with E-state index in [4.69, 9.17) is 9.47 Å². The van der Waals surface area contributed by atoms with E-state index in [-0.39, 0.29) is 5.41 Å². The molecule has 7 heteroatoms. The lowest BCUT2D eigenvalue weighted by Crippen LogP contribution is -2.19. The lowest BCUT2D eigenvalue weighted by atomic mass is 9.86.